The van der Waals surface area contributed by atoms with Gasteiger partial charge in [-0.3, -0.25) is 14.3 Å². The van der Waals surface area contributed by atoms with E-state index in [1.807, 2.05) is 0 Å². The molecule has 0 bridgehead atoms. The molecule has 98 valence electrons. The molecule has 7 heteroatoms. The van der Waals surface area contributed by atoms with E-state index >= 15 is 0 Å². The second-order valence-corrected chi connectivity index (χ2v) is 4.72. The molecule has 0 aliphatic heterocycles. The highest BCUT2D eigenvalue weighted by Gasteiger charge is 2.16. The molecule has 2 rings (SSSR count). The largest absolute Gasteiger partial charge is 0.366 e. The molecule has 0 aliphatic rings. The molecular formula is C12H11BrN4O2. The third-order valence-electron chi connectivity index (χ3n) is 2.44. The number of aromatic nitrogens is 2. The van der Waals surface area contributed by atoms with Crippen LogP contribution in [0.2, 0.25) is 0 Å². The van der Waals surface area contributed by atoms with Crippen molar-refractivity contribution in [2.75, 3.05) is 5.32 Å². The van der Waals surface area contributed by atoms with Crippen LogP contribution in [0, 0.1) is 0 Å². The molecule has 0 unspecified atom stereocenters. The number of carbonyl (C=O) groups is 2. The first-order chi connectivity index (χ1) is 8.99. The number of halogens is 1. The molecular weight excluding hydrogens is 312 g/mol. The van der Waals surface area contributed by atoms with Crippen LogP contribution in [0.3, 0.4) is 0 Å². The zero-order valence-corrected chi connectivity index (χ0v) is 11.6. The van der Waals surface area contributed by atoms with Crippen molar-refractivity contribution in [1.82, 2.24) is 9.78 Å². The summed E-state index contributed by atoms with van der Waals surface area (Å²) in [6.45, 7) is 0. The number of amides is 2. The van der Waals surface area contributed by atoms with Crippen LogP contribution in [0.15, 0.2) is 34.9 Å². The molecule has 0 aliphatic carbocycles. The van der Waals surface area contributed by atoms with Crippen molar-refractivity contribution in [3.8, 4) is 0 Å². The molecule has 0 fully saturated rings. The molecule has 0 radical (unpaired) electrons. The number of nitrogens with one attached hydrogen (secondary N) is 1. The van der Waals surface area contributed by atoms with Gasteiger partial charge >= 0.3 is 0 Å². The van der Waals surface area contributed by atoms with Crippen LogP contribution in [0.5, 0.6) is 0 Å². The van der Waals surface area contributed by atoms with Crippen molar-refractivity contribution < 1.29 is 9.59 Å². The number of carbonyl (C=O) groups excluding carboxylic acids is 2. The van der Waals surface area contributed by atoms with Gasteiger partial charge in [0.25, 0.3) is 11.8 Å². The Morgan fingerprint density at radius 3 is 2.63 bits per heavy atom. The predicted molar refractivity (Wildman–Crippen MR) is 73.8 cm³/mol. The van der Waals surface area contributed by atoms with Crippen LogP contribution in [-0.4, -0.2) is 21.6 Å². The van der Waals surface area contributed by atoms with Crippen molar-refractivity contribution >= 4 is 33.4 Å². The average Bonchev–Trinajstić information content (AvgIpc) is 2.69. The molecule has 3 N–H and O–H groups in total. The Morgan fingerprint density at radius 2 is 2.05 bits per heavy atom. The van der Waals surface area contributed by atoms with Crippen molar-refractivity contribution in [2.45, 2.75) is 0 Å². The molecule has 1 heterocycles. The highest BCUT2D eigenvalue weighted by atomic mass is 79.9. The van der Waals surface area contributed by atoms with Gasteiger partial charge in [0.05, 0.1) is 15.7 Å². The van der Waals surface area contributed by atoms with Gasteiger partial charge in [-0.15, -0.1) is 0 Å². The number of primary amides is 1. The standard InChI is InChI=1S/C12H11BrN4O2/c1-17-6-8(13)10(16-17)12(19)15-9-5-3-2-4-7(9)11(14)18/h2-6H,1H3,(H2,14,18)(H,15,19). The van der Waals surface area contributed by atoms with Crippen LogP contribution >= 0.6 is 15.9 Å². The maximum absolute atomic E-state index is 12.1. The summed E-state index contributed by atoms with van der Waals surface area (Å²) in [6.07, 6.45) is 1.66. The third kappa shape index (κ3) is 2.82. The van der Waals surface area contributed by atoms with Crippen LogP contribution in [0.4, 0.5) is 5.69 Å². The summed E-state index contributed by atoms with van der Waals surface area (Å²) in [5.74, 6) is -1.02. The lowest BCUT2D eigenvalue weighted by Crippen LogP contribution is -2.19. The Balaban J connectivity index is 2.29. The van der Waals surface area contributed by atoms with Crippen LogP contribution in [-0.2, 0) is 7.05 Å². The highest BCUT2D eigenvalue weighted by Crippen LogP contribution is 2.18. The number of hydrogen-bond acceptors (Lipinski definition) is 3. The fourth-order valence-electron chi connectivity index (χ4n) is 1.60. The number of aryl methyl sites for hydroxylation is 1. The van der Waals surface area contributed by atoms with E-state index in [-0.39, 0.29) is 11.3 Å². The number of nitrogens with zero attached hydrogens (tertiary/aromatic N) is 2. The second-order valence-electron chi connectivity index (χ2n) is 3.86. The minimum Gasteiger partial charge on any atom is -0.366 e. The zero-order chi connectivity index (χ0) is 14.0. The van der Waals surface area contributed by atoms with Crippen LogP contribution < -0.4 is 11.1 Å². The fraction of sp³-hybridized carbons (Fsp3) is 0.0833. The van der Waals surface area contributed by atoms with E-state index in [0.29, 0.717) is 10.2 Å². The predicted octanol–water partition coefficient (Wildman–Crippen LogP) is 1.53. The van der Waals surface area contributed by atoms with Gasteiger partial charge in [0.15, 0.2) is 5.69 Å². The van der Waals surface area contributed by atoms with Gasteiger partial charge in [-0.25, -0.2) is 0 Å². The summed E-state index contributed by atoms with van der Waals surface area (Å²) in [6, 6.07) is 6.53. The maximum Gasteiger partial charge on any atom is 0.277 e. The summed E-state index contributed by atoms with van der Waals surface area (Å²) in [4.78, 5) is 23.3. The minimum absolute atomic E-state index is 0.238. The Labute approximate surface area is 117 Å². The van der Waals surface area contributed by atoms with Gasteiger partial charge in [0.1, 0.15) is 0 Å². The Morgan fingerprint density at radius 1 is 1.37 bits per heavy atom. The quantitative estimate of drug-likeness (QED) is 0.897. The summed E-state index contributed by atoms with van der Waals surface area (Å²) < 4.78 is 2.09. The number of para-hydroxylation sites is 1. The summed E-state index contributed by atoms with van der Waals surface area (Å²) >= 11 is 3.24. The van der Waals surface area contributed by atoms with E-state index in [4.69, 9.17) is 5.73 Å². The molecule has 1 aromatic carbocycles. The first-order valence-electron chi connectivity index (χ1n) is 5.38. The molecule has 0 saturated heterocycles. The van der Waals surface area contributed by atoms with Crippen molar-refractivity contribution in [3.05, 3.63) is 46.2 Å². The Bertz CT molecular complexity index is 651. The van der Waals surface area contributed by atoms with E-state index in [1.54, 1.807) is 37.5 Å². The zero-order valence-electron chi connectivity index (χ0n) is 10.1. The number of nitrogens with two attached hydrogens (primary N) is 1. The first-order valence-corrected chi connectivity index (χ1v) is 6.17. The molecule has 2 aromatic rings. The molecule has 6 nitrogen and oxygen atoms in total. The smallest absolute Gasteiger partial charge is 0.277 e. The molecule has 1 aromatic heterocycles. The fourth-order valence-corrected chi connectivity index (χ4v) is 2.16. The van der Waals surface area contributed by atoms with E-state index in [1.165, 1.54) is 4.68 Å². The molecule has 2 amide bonds. The third-order valence-corrected chi connectivity index (χ3v) is 3.02. The molecule has 0 atom stereocenters. The van der Waals surface area contributed by atoms with Gasteiger partial charge < -0.3 is 11.1 Å². The molecule has 0 saturated carbocycles. The van der Waals surface area contributed by atoms with Crippen LogP contribution in [0.25, 0.3) is 0 Å². The summed E-state index contributed by atoms with van der Waals surface area (Å²) in [5, 5.41) is 6.64. The van der Waals surface area contributed by atoms with Gasteiger partial charge in [-0.05, 0) is 28.1 Å². The maximum atomic E-state index is 12.1. The lowest BCUT2D eigenvalue weighted by molar-refractivity contribution is 0.100. The molecule has 19 heavy (non-hydrogen) atoms. The number of benzene rings is 1. The summed E-state index contributed by atoms with van der Waals surface area (Å²) in [5.41, 5.74) is 6.09. The monoisotopic (exact) mass is 322 g/mol. The average molecular weight is 323 g/mol. The van der Waals surface area contributed by atoms with Gasteiger partial charge in [-0.1, -0.05) is 12.1 Å². The lowest BCUT2D eigenvalue weighted by Gasteiger charge is -2.07. The summed E-state index contributed by atoms with van der Waals surface area (Å²) in [7, 11) is 1.71. The van der Waals surface area contributed by atoms with Crippen LogP contribution in [0.1, 0.15) is 20.8 Å². The first kappa shape index (κ1) is 13.3. The SMILES string of the molecule is Cn1cc(Br)c(C(=O)Nc2ccccc2C(N)=O)n1. The van der Waals surface area contributed by atoms with Crippen molar-refractivity contribution in [3.63, 3.8) is 0 Å². The topological polar surface area (TPSA) is 90.0 Å². The normalized spacial score (nSPS) is 10.2. The Kier molecular flexibility index (Phi) is 3.66. The van der Waals surface area contributed by atoms with E-state index in [9.17, 15) is 9.59 Å². The van der Waals surface area contributed by atoms with Crippen molar-refractivity contribution in [2.24, 2.45) is 12.8 Å². The van der Waals surface area contributed by atoms with E-state index in [2.05, 4.69) is 26.3 Å². The number of hydrogen-bond donors (Lipinski definition) is 2. The number of anilines is 1. The van der Waals surface area contributed by atoms with Gasteiger partial charge in [-0.2, -0.15) is 5.10 Å². The Hall–Kier alpha value is -2.15. The second kappa shape index (κ2) is 5.23. The van der Waals surface area contributed by atoms with Crippen molar-refractivity contribution in [1.29, 1.82) is 0 Å². The van der Waals surface area contributed by atoms with E-state index < -0.39 is 11.8 Å². The van der Waals surface area contributed by atoms with E-state index in [0.717, 1.165) is 0 Å². The van der Waals surface area contributed by atoms with Gasteiger partial charge in [0.2, 0.25) is 0 Å². The lowest BCUT2D eigenvalue weighted by atomic mass is 10.1. The highest BCUT2D eigenvalue weighted by molar-refractivity contribution is 9.10. The molecule has 0 spiro atoms. The number of rotatable bonds is 3. The van der Waals surface area contributed by atoms with Gasteiger partial charge in [0, 0.05) is 13.2 Å². The minimum atomic E-state index is -0.601.